The number of carbonyl (C=O) groups is 2. The van der Waals surface area contributed by atoms with E-state index in [1.807, 2.05) is 0 Å². The maximum atomic E-state index is 10.8. The zero-order valence-electron chi connectivity index (χ0n) is 15.1. The van der Waals surface area contributed by atoms with E-state index in [0.29, 0.717) is 12.5 Å². The Bertz CT molecular complexity index is 308. The molecule has 0 fully saturated rings. The summed E-state index contributed by atoms with van der Waals surface area (Å²) in [7, 11) is 0. The smallest absolute Gasteiger partial charge is 0.407 e. The lowest BCUT2D eigenvalue weighted by Crippen LogP contribution is -2.33. The fourth-order valence-corrected chi connectivity index (χ4v) is 1.06. The summed E-state index contributed by atoms with van der Waals surface area (Å²) in [6, 6.07) is 0. The van der Waals surface area contributed by atoms with Crippen molar-refractivity contribution >= 4 is 12.4 Å². The van der Waals surface area contributed by atoms with Crippen molar-refractivity contribution in [1.29, 1.82) is 0 Å². The van der Waals surface area contributed by atoms with E-state index in [1.54, 1.807) is 34.6 Å². The molecule has 0 saturated heterocycles. The molecule has 0 saturated carbocycles. The van der Waals surface area contributed by atoms with Crippen molar-refractivity contribution in [3.8, 4) is 0 Å². The second kappa shape index (κ2) is 11.4. The molecule has 0 aliphatic rings. The summed E-state index contributed by atoms with van der Waals surface area (Å²) in [5, 5.41) is 10.7. The lowest BCUT2D eigenvalue weighted by molar-refractivity contribution is -0.127. The van der Waals surface area contributed by atoms with Gasteiger partial charge in [0.25, 0.3) is 0 Å². The Morgan fingerprint density at radius 1 is 1.23 bits per heavy atom. The van der Waals surface area contributed by atoms with Crippen molar-refractivity contribution in [3.05, 3.63) is 0 Å². The molecular weight excluding hydrogens is 286 g/mol. The van der Waals surface area contributed by atoms with Crippen LogP contribution in [0, 0.1) is 5.92 Å². The van der Waals surface area contributed by atoms with E-state index in [9.17, 15) is 9.59 Å². The molecule has 0 heterocycles. The molecule has 6 nitrogen and oxygen atoms in total. The molecule has 0 radical (unpaired) electrons. The Morgan fingerprint density at radius 3 is 2.14 bits per heavy atom. The summed E-state index contributed by atoms with van der Waals surface area (Å²) in [5.41, 5.74) is -1.07. The molecule has 2 N–H and O–H groups in total. The zero-order valence-corrected chi connectivity index (χ0v) is 15.1. The number of aliphatic hydroxyl groups is 1. The fourth-order valence-electron chi connectivity index (χ4n) is 1.06. The van der Waals surface area contributed by atoms with Crippen molar-refractivity contribution in [3.63, 3.8) is 0 Å². The second-order valence-electron chi connectivity index (χ2n) is 6.90. The molecule has 0 aromatic rings. The average molecular weight is 319 g/mol. The molecular formula is C16H33NO5. The highest BCUT2D eigenvalue weighted by molar-refractivity contribution is 5.67. The Morgan fingerprint density at radius 2 is 1.77 bits per heavy atom. The number of nitrogens with one attached hydrogen (secondary N) is 1. The van der Waals surface area contributed by atoms with Gasteiger partial charge in [0.2, 0.25) is 0 Å². The van der Waals surface area contributed by atoms with Crippen molar-refractivity contribution in [2.75, 3.05) is 19.8 Å². The van der Waals surface area contributed by atoms with Crippen molar-refractivity contribution in [2.45, 2.75) is 66.1 Å². The van der Waals surface area contributed by atoms with Gasteiger partial charge in [0.05, 0.1) is 6.61 Å². The van der Waals surface area contributed by atoms with Crippen molar-refractivity contribution < 1.29 is 24.2 Å². The van der Waals surface area contributed by atoms with E-state index in [1.165, 1.54) is 0 Å². The van der Waals surface area contributed by atoms with Gasteiger partial charge in [-0.1, -0.05) is 13.8 Å². The van der Waals surface area contributed by atoms with Crippen LogP contribution in [0.15, 0.2) is 0 Å². The topological polar surface area (TPSA) is 84.9 Å². The largest absolute Gasteiger partial charge is 0.444 e. The Balaban J connectivity index is 0. The number of carbonyl (C=O) groups excluding carboxylic acids is 2. The molecule has 1 amide bonds. The minimum Gasteiger partial charge on any atom is -0.444 e. The first-order chi connectivity index (χ1) is 9.93. The van der Waals surface area contributed by atoms with Gasteiger partial charge in [0.1, 0.15) is 11.2 Å². The molecule has 0 atom stereocenters. The monoisotopic (exact) mass is 319 g/mol. The van der Waals surface area contributed by atoms with Crippen LogP contribution in [0.5, 0.6) is 0 Å². The molecule has 0 spiro atoms. The van der Waals surface area contributed by atoms with E-state index < -0.39 is 17.3 Å². The highest BCUT2D eigenvalue weighted by atomic mass is 16.6. The zero-order chi connectivity index (χ0) is 17.8. The summed E-state index contributed by atoms with van der Waals surface area (Å²) in [5.74, 6) is 0.637. The molecule has 132 valence electrons. The third-order valence-corrected chi connectivity index (χ3v) is 2.23. The van der Waals surface area contributed by atoms with Gasteiger partial charge in [0.15, 0.2) is 6.29 Å². The highest BCUT2D eigenvalue weighted by Crippen LogP contribution is 2.08. The summed E-state index contributed by atoms with van der Waals surface area (Å²) in [6.07, 6.45) is 1.36. The van der Waals surface area contributed by atoms with E-state index in [4.69, 9.17) is 14.6 Å². The first-order valence-electron chi connectivity index (χ1n) is 7.61. The Hall–Kier alpha value is -1.14. The first kappa shape index (κ1) is 23.1. The minimum atomic E-state index is -0.602. The van der Waals surface area contributed by atoms with Gasteiger partial charge < -0.3 is 24.7 Å². The van der Waals surface area contributed by atoms with Crippen LogP contribution in [0.1, 0.15) is 54.9 Å². The molecule has 0 rings (SSSR count). The number of amides is 1. The molecule has 0 aromatic carbocycles. The molecule has 0 aliphatic heterocycles. The van der Waals surface area contributed by atoms with Gasteiger partial charge in [-0.25, -0.2) is 4.79 Å². The van der Waals surface area contributed by atoms with Crippen LogP contribution in [-0.2, 0) is 14.3 Å². The Labute approximate surface area is 134 Å². The summed E-state index contributed by atoms with van der Waals surface area (Å²) in [6.45, 7) is 14.0. The molecule has 0 aliphatic carbocycles. The second-order valence-corrected chi connectivity index (χ2v) is 6.90. The first-order valence-corrected chi connectivity index (χ1v) is 7.61. The summed E-state index contributed by atoms with van der Waals surface area (Å²) >= 11 is 0. The van der Waals surface area contributed by atoms with E-state index in [-0.39, 0.29) is 13.2 Å². The SMILES string of the molecule is CC(C)(C)OC(=O)NCCO.CC(C)CCOC(C)(C)C=O. The fraction of sp³-hybridized carbons (Fsp3) is 0.875. The van der Waals surface area contributed by atoms with Gasteiger partial charge in [-0.3, -0.25) is 0 Å². The quantitative estimate of drug-likeness (QED) is 0.704. The third kappa shape index (κ3) is 18.9. The number of hydrogen-bond acceptors (Lipinski definition) is 5. The number of aliphatic hydroxyl groups excluding tert-OH is 1. The van der Waals surface area contributed by atoms with Crippen LogP contribution >= 0.6 is 0 Å². The normalized spacial score (nSPS) is 11.5. The van der Waals surface area contributed by atoms with Crippen molar-refractivity contribution in [2.24, 2.45) is 5.92 Å². The van der Waals surface area contributed by atoms with E-state index >= 15 is 0 Å². The molecule has 22 heavy (non-hydrogen) atoms. The number of rotatable bonds is 7. The number of ether oxygens (including phenoxy) is 2. The lowest BCUT2D eigenvalue weighted by atomic mass is 10.1. The molecule has 0 bridgehead atoms. The number of hydrogen-bond donors (Lipinski definition) is 2. The minimum absolute atomic E-state index is 0.0702. The van der Waals surface area contributed by atoms with Crippen LogP contribution in [-0.4, -0.2) is 48.4 Å². The average Bonchev–Trinajstić information content (AvgIpc) is 2.34. The molecule has 6 heteroatoms. The van der Waals surface area contributed by atoms with Crippen LogP contribution < -0.4 is 5.32 Å². The predicted octanol–water partition coefficient (Wildman–Crippen LogP) is 2.53. The maximum Gasteiger partial charge on any atom is 0.407 e. The van der Waals surface area contributed by atoms with Crippen LogP contribution in [0.4, 0.5) is 4.79 Å². The lowest BCUT2D eigenvalue weighted by Gasteiger charge is -2.19. The van der Waals surface area contributed by atoms with Crippen LogP contribution in [0.2, 0.25) is 0 Å². The number of aldehydes is 1. The summed E-state index contributed by atoms with van der Waals surface area (Å²) < 4.78 is 10.2. The predicted molar refractivity (Wildman–Crippen MR) is 86.9 cm³/mol. The third-order valence-electron chi connectivity index (χ3n) is 2.23. The number of alkyl carbamates (subject to hydrolysis) is 1. The molecule has 0 aromatic heterocycles. The molecule has 0 unspecified atom stereocenters. The van der Waals surface area contributed by atoms with Gasteiger partial charge in [-0.2, -0.15) is 0 Å². The standard InChI is InChI=1S/C9H18O2.C7H15NO3/c1-8(2)5-6-11-9(3,4)7-10;1-7(2,3)11-6(10)8-4-5-9/h7-8H,5-6H2,1-4H3;9H,4-5H2,1-3H3,(H,8,10). The van der Waals surface area contributed by atoms with E-state index in [0.717, 1.165) is 12.7 Å². The van der Waals surface area contributed by atoms with Gasteiger partial charge in [0, 0.05) is 13.2 Å². The van der Waals surface area contributed by atoms with Crippen molar-refractivity contribution in [1.82, 2.24) is 5.32 Å². The van der Waals surface area contributed by atoms with E-state index in [2.05, 4.69) is 19.2 Å². The van der Waals surface area contributed by atoms with Crippen LogP contribution in [0.3, 0.4) is 0 Å². The maximum absolute atomic E-state index is 10.8. The summed E-state index contributed by atoms with van der Waals surface area (Å²) in [4.78, 5) is 21.2. The Kier molecular flexibility index (Phi) is 12.0. The van der Waals surface area contributed by atoms with Gasteiger partial charge in [-0.05, 0) is 47.0 Å². The van der Waals surface area contributed by atoms with Gasteiger partial charge >= 0.3 is 6.09 Å². The van der Waals surface area contributed by atoms with Gasteiger partial charge in [-0.15, -0.1) is 0 Å². The highest BCUT2D eigenvalue weighted by Gasteiger charge is 2.16. The van der Waals surface area contributed by atoms with Crippen LogP contribution in [0.25, 0.3) is 0 Å².